The molecule has 0 heterocycles. The van der Waals surface area contributed by atoms with Crippen LogP contribution in [-0.2, 0) is 28.9 Å². The van der Waals surface area contributed by atoms with Crippen LogP contribution < -0.4 is 5.32 Å². The van der Waals surface area contributed by atoms with Gasteiger partial charge in [-0.15, -0.1) is 0 Å². The molecule has 5 heteroatoms. The number of carbonyl (C=O) groups is 2. The summed E-state index contributed by atoms with van der Waals surface area (Å²) in [7, 11) is 1.36. The number of amides is 1. The molecule has 124 valence electrons. The standard InChI is InChI=1S/C19H19NO4/c1-23-18(21)15-8-7-14-10-17(11-16(14)9-15)20-19(22)24-12-13-5-3-2-4-6-13/h2-9,17H,10-12H2,1H3,(H,20,22)/t17-/m1/s1. The molecule has 0 radical (unpaired) electrons. The van der Waals surface area contributed by atoms with Crippen molar-refractivity contribution in [2.24, 2.45) is 0 Å². The number of ether oxygens (including phenoxy) is 2. The van der Waals surface area contributed by atoms with Crippen molar-refractivity contribution < 1.29 is 19.1 Å². The number of carbonyl (C=O) groups excluding carboxylic acids is 2. The quantitative estimate of drug-likeness (QED) is 0.878. The van der Waals surface area contributed by atoms with Crippen molar-refractivity contribution in [1.82, 2.24) is 5.32 Å². The average molecular weight is 325 g/mol. The molecular weight excluding hydrogens is 306 g/mol. The van der Waals surface area contributed by atoms with Crippen LogP contribution in [0.4, 0.5) is 4.79 Å². The summed E-state index contributed by atoms with van der Waals surface area (Å²) in [6, 6.07) is 15.0. The van der Waals surface area contributed by atoms with Crippen LogP contribution in [0.3, 0.4) is 0 Å². The average Bonchev–Trinajstić information content (AvgIpc) is 3.01. The summed E-state index contributed by atoms with van der Waals surface area (Å²) in [6.07, 6.45) is 0.988. The minimum Gasteiger partial charge on any atom is -0.465 e. The van der Waals surface area contributed by atoms with E-state index in [0.717, 1.165) is 23.1 Å². The van der Waals surface area contributed by atoms with E-state index < -0.39 is 6.09 Å². The van der Waals surface area contributed by atoms with Crippen LogP contribution in [0.25, 0.3) is 0 Å². The number of benzene rings is 2. The van der Waals surface area contributed by atoms with Crippen molar-refractivity contribution in [3.8, 4) is 0 Å². The largest absolute Gasteiger partial charge is 0.465 e. The molecule has 0 unspecified atom stereocenters. The maximum Gasteiger partial charge on any atom is 0.407 e. The Balaban J connectivity index is 1.54. The van der Waals surface area contributed by atoms with Gasteiger partial charge >= 0.3 is 12.1 Å². The molecular formula is C19H19NO4. The fourth-order valence-electron chi connectivity index (χ4n) is 2.90. The first-order valence-electron chi connectivity index (χ1n) is 7.83. The predicted molar refractivity (Wildman–Crippen MR) is 88.7 cm³/mol. The zero-order chi connectivity index (χ0) is 16.9. The highest BCUT2D eigenvalue weighted by atomic mass is 16.5. The molecule has 0 spiro atoms. The summed E-state index contributed by atoms with van der Waals surface area (Å²) in [6.45, 7) is 0.249. The van der Waals surface area contributed by atoms with Crippen LogP contribution in [-0.4, -0.2) is 25.2 Å². The van der Waals surface area contributed by atoms with Crippen molar-refractivity contribution in [2.75, 3.05) is 7.11 Å². The number of nitrogens with one attached hydrogen (secondary N) is 1. The minimum absolute atomic E-state index is 0.0174. The Bertz CT molecular complexity index is 742. The molecule has 3 rings (SSSR count). The second-order valence-electron chi connectivity index (χ2n) is 5.79. The first-order valence-corrected chi connectivity index (χ1v) is 7.83. The molecule has 0 aromatic heterocycles. The summed E-state index contributed by atoms with van der Waals surface area (Å²) in [4.78, 5) is 23.5. The molecule has 1 aliphatic rings. The van der Waals surface area contributed by atoms with Gasteiger partial charge in [-0.2, -0.15) is 0 Å². The number of methoxy groups -OCH3 is 1. The smallest absolute Gasteiger partial charge is 0.407 e. The Labute approximate surface area is 140 Å². The number of hydrogen-bond acceptors (Lipinski definition) is 4. The molecule has 2 aromatic carbocycles. The van der Waals surface area contributed by atoms with Gasteiger partial charge in [0.25, 0.3) is 0 Å². The Morgan fingerprint density at radius 2 is 1.83 bits per heavy atom. The van der Waals surface area contributed by atoms with Gasteiger partial charge in [0.05, 0.1) is 12.7 Å². The van der Waals surface area contributed by atoms with Crippen molar-refractivity contribution in [3.05, 3.63) is 70.8 Å². The first kappa shape index (κ1) is 16.1. The van der Waals surface area contributed by atoms with Gasteiger partial charge in [-0.1, -0.05) is 36.4 Å². The number of fused-ring (bicyclic) bond motifs is 1. The molecule has 1 amide bonds. The van der Waals surface area contributed by atoms with Gasteiger partial charge in [0, 0.05) is 6.04 Å². The summed E-state index contributed by atoms with van der Waals surface area (Å²) in [5.41, 5.74) is 3.68. The van der Waals surface area contributed by atoms with Crippen LogP contribution in [0.1, 0.15) is 27.0 Å². The number of esters is 1. The van der Waals surface area contributed by atoms with Crippen LogP contribution in [0.5, 0.6) is 0 Å². The first-order chi connectivity index (χ1) is 11.7. The van der Waals surface area contributed by atoms with E-state index in [2.05, 4.69) is 5.32 Å². The van der Waals surface area contributed by atoms with Crippen LogP contribution in [0, 0.1) is 0 Å². The van der Waals surface area contributed by atoms with E-state index in [4.69, 9.17) is 9.47 Å². The van der Waals surface area contributed by atoms with Crippen molar-refractivity contribution in [3.63, 3.8) is 0 Å². The maximum absolute atomic E-state index is 11.9. The fourth-order valence-corrected chi connectivity index (χ4v) is 2.90. The highest BCUT2D eigenvalue weighted by Crippen LogP contribution is 2.24. The predicted octanol–water partition coefficient (Wildman–Crippen LogP) is 2.87. The molecule has 1 aliphatic carbocycles. The summed E-state index contributed by atoms with van der Waals surface area (Å²) in [5, 5.41) is 2.88. The normalized spacial score (nSPS) is 15.5. The summed E-state index contributed by atoms with van der Waals surface area (Å²) in [5.74, 6) is -0.350. The molecule has 5 nitrogen and oxygen atoms in total. The van der Waals surface area contributed by atoms with E-state index in [9.17, 15) is 9.59 Å². The van der Waals surface area contributed by atoms with Gasteiger partial charge in [0.15, 0.2) is 0 Å². The van der Waals surface area contributed by atoms with Gasteiger partial charge in [-0.05, 0) is 41.7 Å². The molecule has 1 atom stereocenters. The van der Waals surface area contributed by atoms with Gasteiger partial charge in [0.2, 0.25) is 0 Å². The lowest BCUT2D eigenvalue weighted by molar-refractivity contribution is 0.0600. The number of rotatable bonds is 4. The van der Waals surface area contributed by atoms with Gasteiger partial charge in [-0.25, -0.2) is 9.59 Å². The van der Waals surface area contributed by atoms with E-state index in [-0.39, 0.29) is 18.6 Å². The van der Waals surface area contributed by atoms with Gasteiger partial charge in [0.1, 0.15) is 6.61 Å². The topological polar surface area (TPSA) is 64.6 Å². The highest BCUT2D eigenvalue weighted by molar-refractivity contribution is 5.89. The van der Waals surface area contributed by atoms with Gasteiger partial charge < -0.3 is 14.8 Å². The number of alkyl carbamates (subject to hydrolysis) is 1. The van der Waals surface area contributed by atoms with Crippen LogP contribution in [0.2, 0.25) is 0 Å². The van der Waals surface area contributed by atoms with E-state index in [1.54, 1.807) is 6.07 Å². The molecule has 0 fully saturated rings. The third-order valence-electron chi connectivity index (χ3n) is 4.09. The molecule has 1 N–H and O–H groups in total. The SMILES string of the molecule is COC(=O)c1ccc2c(c1)C[C@H](NC(=O)OCc1ccccc1)C2. The third kappa shape index (κ3) is 3.74. The lowest BCUT2D eigenvalue weighted by Crippen LogP contribution is -2.35. The Morgan fingerprint density at radius 3 is 2.58 bits per heavy atom. The summed E-state index contributed by atoms with van der Waals surface area (Å²) < 4.78 is 9.98. The highest BCUT2D eigenvalue weighted by Gasteiger charge is 2.24. The number of hydrogen-bond donors (Lipinski definition) is 1. The van der Waals surface area contributed by atoms with E-state index in [1.165, 1.54) is 7.11 Å². The van der Waals surface area contributed by atoms with Gasteiger partial charge in [-0.3, -0.25) is 0 Å². The third-order valence-corrected chi connectivity index (χ3v) is 4.09. The molecule has 0 bridgehead atoms. The van der Waals surface area contributed by atoms with E-state index in [1.807, 2.05) is 42.5 Å². The second-order valence-corrected chi connectivity index (χ2v) is 5.79. The Kier molecular flexibility index (Phi) is 4.79. The van der Waals surface area contributed by atoms with Crippen LogP contribution >= 0.6 is 0 Å². The van der Waals surface area contributed by atoms with Crippen molar-refractivity contribution >= 4 is 12.1 Å². The maximum atomic E-state index is 11.9. The Hall–Kier alpha value is -2.82. The second kappa shape index (κ2) is 7.17. The van der Waals surface area contributed by atoms with E-state index >= 15 is 0 Å². The zero-order valence-electron chi connectivity index (χ0n) is 13.5. The monoisotopic (exact) mass is 325 g/mol. The Morgan fingerprint density at radius 1 is 1.08 bits per heavy atom. The zero-order valence-corrected chi connectivity index (χ0v) is 13.5. The fraction of sp³-hybridized carbons (Fsp3) is 0.263. The molecule has 24 heavy (non-hydrogen) atoms. The lowest BCUT2D eigenvalue weighted by atomic mass is 10.1. The van der Waals surface area contributed by atoms with Crippen molar-refractivity contribution in [2.45, 2.75) is 25.5 Å². The van der Waals surface area contributed by atoms with Crippen molar-refractivity contribution in [1.29, 1.82) is 0 Å². The van der Waals surface area contributed by atoms with Crippen LogP contribution in [0.15, 0.2) is 48.5 Å². The lowest BCUT2D eigenvalue weighted by Gasteiger charge is -2.12. The summed E-state index contributed by atoms with van der Waals surface area (Å²) >= 11 is 0. The van der Waals surface area contributed by atoms with E-state index in [0.29, 0.717) is 12.0 Å². The molecule has 2 aromatic rings. The minimum atomic E-state index is -0.426. The molecule has 0 saturated heterocycles. The molecule has 0 saturated carbocycles. The molecule has 0 aliphatic heterocycles.